The molecule has 92 valence electrons. The van der Waals surface area contributed by atoms with Gasteiger partial charge in [0, 0.05) is 11.4 Å². The van der Waals surface area contributed by atoms with Crippen molar-refractivity contribution in [3.05, 3.63) is 35.9 Å². The van der Waals surface area contributed by atoms with Gasteiger partial charge in [0.1, 0.15) is 5.82 Å². The normalized spacial score (nSPS) is 12.1. The molecule has 0 saturated heterocycles. The number of hydrogen-bond acceptors (Lipinski definition) is 3. The van der Waals surface area contributed by atoms with Gasteiger partial charge >= 0.3 is 0 Å². The molecule has 0 fully saturated rings. The smallest absolute Gasteiger partial charge is 0.128 e. The summed E-state index contributed by atoms with van der Waals surface area (Å²) >= 11 is 0. The number of anilines is 1. The molecule has 2 rings (SSSR count). The highest BCUT2D eigenvalue weighted by molar-refractivity contribution is 5.86. The molecule has 0 bridgehead atoms. The van der Waals surface area contributed by atoms with E-state index >= 15 is 0 Å². The molecule has 0 aliphatic rings. The summed E-state index contributed by atoms with van der Waals surface area (Å²) in [7, 11) is 0. The summed E-state index contributed by atoms with van der Waals surface area (Å²) in [6, 6.07) is 12.2. The zero-order valence-corrected chi connectivity index (χ0v) is 10.8. The van der Waals surface area contributed by atoms with E-state index in [1.165, 1.54) is 0 Å². The molecule has 1 atom stereocenters. The number of fused-ring (bicyclic) bond motifs is 1. The molecule has 1 heterocycles. The number of rotatable bonds is 4. The van der Waals surface area contributed by atoms with E-state index < -0.39 is 0 Å². The van der Waals surface area contributed by atoms with Gasteiger partial charge in [-0.25, -0.2) is 4.98 Å². The van der Waals surface area contributed by atoms with Crippen LogP contribution in [-0.4, -0.2) is 11.0 Å². The van der Waals surface area contributed by atoms with Gasteiger partial charge in [0.2, 0.25) is 0 Å². The summed E-state index contributed by atoms with van der Waals surface area (Å²) in [4.78, 5) is 4.54. The van der Waals surface area contributed by atoms with Gasteiger partial charge in [0.05, 0.1) is 17.1 Å². The average Bonchev–Trinajstić information content (AvgIpc) is 2.38. The molecule has 3 heteroatoms. The summed E-state index contributed by atoms with van der Waals surface area (Å²) in [6.07, 6.45) is 2.23. The van der Waals surface area contributed by atoms with E-state index in [9.17, 15) is 5.26 Å². The Morgan fingerprint density at radius 1 is 1.39 bits per heavy atom. The van der Waals surface area contributed by atoms with Gasteiger partial charge in [0.25, 0.3) is 0 Å². The van der Waals surface area contributed by atoms with E-state index in [1.807, 2.05) is 30.3 Å². The third kappa shape index (κ3) is 2.60. The molecule has 0 radical (unpaired) electrons. The predicted octanol–water partition coefficient (Wildman–Crippen LogP) is 3.71. The number of hydrogen-bond donors (Lipinski definition) is 1. The maximum Gasteiger partial charge on any atom is 0.128 e. The number of nitriles is 1. The second-order valence-electron chi connectivity index (χ2n) is 4.52. The Kier molecular flexibility index (Phi) is 3.78. The lowest BCUT2D eigenvalue weighted by atomic mass is 10.1. The predicted molar refractivity (Wildman–Crippen MR) is 74.5 cm³/mol. The molecule has 3 nitrogen and oxygen atoms in total. The molecule has 0 aliphatic carbocycles. The minimum Gasteiger partial charge on any atom is -0.368 e. The van der Waals surface area contributed by atoms with Crippen LogP contribution in [-0.2, 0) is 0 Å². The first-order valence-electron chi connectivity index (χ1n) is 6.31. The maximum atomic E-state index is 9.19. The molecule has 0 aliphatic heterocycles. The van der Waals surface area contributed by atoms with Crippen molar-refractivity contribution in [3.63, 3.8) is 0 Å². The Morgan fingerprint density at radius 2 is 2.17 bits per heavy atom. The molecule has 0 amide bonds. The zero-order valence-electron chi connectivity index (χ0n) is 10.8. The third-order valence-corrected chi connectivity index (χ3v) is 2.95. The maximum absolute atomic E-state index is 9.19. The van der Waals surface area contributed by atoms with Crippen molar-refractivity contribution in [3.8, 4) is 6.07 Å². The van der Waals surface area contributed by atoms with Crippen molar-refractivity contribution in [2.75, 3.05) is 5.32 Å². The second kappa shape index (κ2) is 5.50. The van der Waals surface area contributed by atoms with Crippen LogP contribution in [0.1, 0.15) is 32.3 Å². The summed E-state index contributed by atoms with van der Waals surface area (Å²) in [6.45, 7) is 4.29. The lowest BCUT2D eigenvalue weighted by Crippen LogP contribution is -2.15. The monoisotopic (exact) mass is 239 g/mol. The van der Waals surface area contributed by atoms with Crippen LogP contribution in [0.25, 0.3) is 10.9 Å². The SMILES string of the molecule is CCCC(C)Nc1cc(C#N)c2ccccc2n1. The molecule has 1 aromatic heterocycles. The number of aromatic nitrogens is 1. The molecular formula is C15H17N3. The number of pyridine rings is 1. The molecular weight excluding hydrogens is 222 g/mol. The van der Waals surface area contributed by atoms with E-state index in [0.717, 1.165) is 29.6 Å². The van der Waals surface area contributed by atoms with E-state index in [4.69, 9.17) is 0 Å². The zero-order chi connectivity index (χ0) is 13.0. The highest BCUT2D eigenvalue weighted by atomic mass is 15.0. The number of benzene rings is 1. The van der Waals surface area contributed by atoms with E-state index in [-0.39, 0.29) is 0 Å². The van der Waals surface area contributed by atoms with E-state index in [1.54, 1.807) is 0 Å². The number of nitrogens with one attached hydrogen (secondary N) is 1. The molecule has 1 unspecified atom stereocenters. The Hall–Kier alpha value is -2.08. The van der Waals surface area contributed by atoms with Gasteiger partial charge in [0.15, 0.2) is 0 Å². The van der Waals surface area contributed by atoms with E-state index in [2.05, 4.69) is 30.2 Å². The molecule has 18 heavy (non-hydrogen) atoms. The first-order valence-corrected chi connectivity index (χ1v) is 6.31. The fourth-order valence-corrected chi connectivity index (χ4v) is 2.10. The molecule has 2 aromatic rings. The number of nitrogens with zero attached hydrogens (tertiary/aromatic N) is 2. The van der Waals surface area contributed by atoms with Gasteiger partial charge < -0.3 is 5.32 Å². The minimum atomic E-state index is 0.371. The van der Waals surface area contributed by atoms with Gasteiger partial charge in [-0.3, -0.25) is 0 Å². The standard InChI is InChI=1S/C15H17N3/c1-3-6-11(2)17-15-9-12(10-16)13-7-4-5-8-14(13)18-15/h4-5,7-9,11H,3,6H2,1-2H3,(H,17,18). The summed E-state index contributed by atoms with van der Waals surface area (Å²) in [5.74, 6) is 0.784. The van der Waals surface area contributed by atoms with Gasteiger partial charge in [-0.1, -0.05) is 31.5 Å². The highest BCUT2D eigenvalue weighted by Crippen LogP contribution is 2.20. The lowest BCUT2D eigenvalue weighted by molar-refractivity contribution is 0.688. The topological polar surface area (TPSA) is 48.7 Å². The third-order valence-electron chi connectivity index (χ3n) is 2.95. The molecule has 1 aromatic carbocycles. The van der Waals surface area contributed by atoms with E-state index in [0.29, 0.717) is 11.6 Å². The van der Waals surface area contributed by atoms with Crippen LogP contribution < -0.4 is 5.32 Å². The fraction of sp³-hybridized carbons (Fsp3) is 0.333. The first kappa shape index (κ1) is 12.4. The Bertz CT molecular complexity index is 584. The second-order valence-corrected chi connectivity index (χ2v) is 4.52. The van der Waals surface area contributed by atoms with Crippen molar-refractivity contribution >= 4 is 16.7 Å². The number of para-hydroxylation sites is 1. The van der Waals surface area contributed by atoms with Crippen LogP contribution >= 0.6 is 0 Å². The van der Waals surface area contributed by atoms with Crippen molar-refractivity contribution in [2.24, 2.45) is 0 Å². The fourth-order valence-electron chi connectivity index (χ4n) is 2.10. The Balaban J connectivity index is 2.38. The quantitative estimate of drug-likeness (QED) is 0.884. The summed E-state index contributed by atoms with van der Waals surface area (Å²) in [5.41, 5.74) is 1.54. The molecule has 0 saturated carbocycles. The lowest BCUT2D eigenvalue weighted by Gasteiger charge is -2.14. The van der Waals surface area contributed by atoms with Gasteiger partial charge in [-0.05, 0) is 25.5 Å². The van der Waals surface area contributed by atoms with Crippen molar-refractivity contribution in [1.82, 2.24) is 4.98 Å². The largest absolute Gasteiger partial charge is 0.368 e. The minimum absolute atomic E-state index is 0.371. The van der Waals surface area contributed by atoms with Crippen LogP contribution in [0.2, 0.25) is 0 Å². The Labute approximate surface area is 107 Å². The van der Waals surface area contributed by atoms with Crippen LogP contribution in [0.5, 0.6) is 0 Å². The highest BCUT2D eigenvalue weighted by Gasteiger charge is 2.07. The van der Waals surface area contributed by atoms with Crippen LogP contribution in [0.3, 0.4) is 0 Å². The molecule has 0 spiro atoms. The van der Waals surface area contributed by atoms with Gasteiger partial charge in [-0.15, -0.1) is 0 Å². The van der Waals surface area contributed by atoms with Crippen LogP contribution in [0.15, 0.2) is 30.3 Å². The van der Waals surface area contributed by atoms with Gasteiger partial charge in [-0.2, -0.15) is 5.26 Å². The molecule has 1 N–H and O–H groups in total. The van der Waals surface area contributed by atoms with Crippen molar-refractivity contribution in [2.45, 2.75) is 32.7 Å². The summed E-state index contributed by atoms with van der Waals surface area (Å²) in [5, 5.41) is 13.5. The van der Waals surface area contributed by atoms with Crippen molar-refractivity contribution < 1.29 is 0 Å². The summed E-state index contributed by atoms with van der Waals surface area (Å²) < 4.78 is 0. The van der Waals surface area contributed by atoms with Crippen LogP contribution in [0.4, 0.5) is 5.82 Å². The van der Waals surface area contributed by atoms with Crippen LogP contribution in [0, 0.1) is 11.3 Å². The van der Waals surface area contributed by atoms with Crippen molar-refractivity contribution in [1.29, 1.82) is 5.26 Å². The first-order chi connectivity index (χ1) is 8.74. The Morgan fingerprint density at radius 3 is 2.89 bits per heavy atom. The average molecular weight is 239 g/mol.